The Morgan fingerprint density at radius 3 is 2.42 bits per heavy atom. The third kappa shape index (κ3) is 6.22. The molecular weight excluding hydrogens is 458 g/mol. The van der Waals surface area contributed by atoms with Crippen LogP contribution in [-0.4, -0.2) is 56.2 Å². The first-order chi connectivity index (χ1) is 14.9. The summed E-state index contributed by atoms with van der Waals surface area (Å²) in [5, 5.41) is 6.56. The van der Waals surface area contributed by atoms with Crippen molar-refractivity contribution in [3.63, 3.8) is 0 Å². The minimum Gasteiger partial charge on any atom is -0.494 e. The molecule has 0 fully saturated rings. The lowest BCUT2D eigenvalue weighted by Gasteiger charge is -2.24. The maximum Gasteiger partial charge on any atom is 0.144 e. The molecule has 31 heavy (non-hydrogen) atoms. The van der Waals surface area contributed by atoms with Crippen LogP contribution in [0.3, 0.4) is 0 Å². The van der Waals surface area contributed by atoms with Gasteiger partial charge in [-0.2, -0.15) is 0 Å². The Morgan fingerprint density at radius 2 is 1.74 bits per heavy atom. The van der Waals surface area contributed by atoms with Crippen LogP contribution in [0.1, 0.15) is 0 Å². The Morgan fingerprint density at radius 1 is 1.00 bits per heavy atom. The molecule has 0 saturated carbocycles. The maximum atomic E-state index is 6.35. The van der Waals surface area contributed by atoms with Gasteiger partial charge in [-0.15, -0.1) is 0 Å². The smallest absolute Gasteiger partial charge is 0.144 e. The van der Waals surface area contributed by atoms with E-state index in [0.717, 1.165) is 34.6 Å². The Bertz CT molecular complexity index is 1030. The lowest BCUT2D eigenvalue weighted by atomic mass is 10.2. The second kappa shape index (κ2) is 10.3. The summed E-state index contributed by atoms with van der Waals surface area (Å²) < 4.78 is 6.60. The van der Waals surface area contributed by atoms with E-state index in [-0.39, 0.29) is 0 Å². The van der Waals surface area contributed by atoms with Gasteiger partial charge in [0.05, 0.1) is 24.2 Å². The number of nitrogens with two attached hydrogens (primary N) is 1. The highest BCUT2D eigenvalue weighted by Crippen LogP contribution is 2.36. The van der Waals surface area contributed by atoms with E-state index in [1.54, 1.807) is 7.11 Å². The average molecular weight is 486 g/mol. The standard InChI is InChI=1S/C22H28BrN7O/c1-29(2)8-9-30(3)19-12-20(31-4)18(11-17(19)24)28-22-13-21(25-14-26-22)27-16-7-5-6-15(23)10-16/h5-7,10-14H,8-9,24H2,1-4H3,(H2,25,26,27,28). The van der Waals surface area contributed by atoms with Crippen molar-refractivity contribution in [3.05, 3.63) is 53.3 Å². The van der Waals surface area contributed by atoms with Crippen molar-refractivity contribution < 1.29 is 4.74 Å². The van der Waals surface area contributed by atoms with Crippen molar-refractivity contribution in [1.29, 1.82) is 0 Å². The highest BCUT2D eigenvalue weighted by Gasteiger charge is 2.13. The lowest BCUT2D eigenvalue weighted by molar-refractivity contribution is 0.413. The van der Waals surface area contributed by atoms with Gasteiger partial charge in [-0.3, -0.25) is 0 Å². The molecular formula is C22H28BrN7O. The summed E-state index contributed by atoms with van der Waals surface area (Å²) in [6, 6.07) is 13.5. The number of hydrogen-bond acceptors (Lipinski definition) is 8. The molecule has 0 aliphatic heterocycles. The van der Waals surface area contributed by atoms with Gasteiger partial charge in [0.25, 0.3) is 0 Å². The summed E-state index contributed by atoms with van der Waals surface area (Å²) in [7, 11) is 7.76. The number of halogens is 1. The normalized spacial score (nSPS) is 10.8. The van der Waals surface area contributed by atoms with Crippen molar-refractivity contribution in [2.24, 2.45) is 0 Å². The Hall–Kier alpha value is -3.04. The molecule has 4 N–H and O–H groups in total. The van der Waals surface area contributed by atoms with E-state index >= 15 is 0 Å². The fraction of sp³-hybridized carbons (Fsp3) is 0.273. The molecule has 8 nitrogen and oxygen atoms in total. The van der Waals surface area contributed by atoms with Crippen LogP contribution in [0.25, 0.3) is 0 Å². The zero-order chi connectivity index (χ0) is 22.4. The number of aromatic nitrogens is 2. The van der Waals surface area contributed by atoms with Gasteiger partial charge in [-0.25, -0.2) is 9.97 Å². The van der Waals surface area contributed by atoms with Gasteiger partial charge in [-0.1, -0.05) is 22.0 Å². The first kappa shape index (κ1) is 22.6. The third-order valence-corrected chi connectivity index (χ3v) is 5.16. The van der Waals surface area contributed by atoms with E-state index in [9.17, 15) is 0 Å². The quantitative estimate of drug-likeness (QED) is 0.386. The van der Waals surface area contributed by atoms with Gasteiger partial charge >= 0.3 is 0 Å². The molecule has 0 aliphatic carbocycles. The largest absolute Gasteiger partial charge is 0.494 e. The van der Waals surface area contributed by atoms with Crippen LogP contribution in [0.2, 0.25) is 0 Å². The van der Waals surface area contributed by atoms with Gasteiger partial charge in [0, 0.05) is 42.4 Å². The molecule has 0 unspecified atom stereocenters. The number of hydrogen-bond donors (Lipinski definition) is 3. The monoisotopic (exact) mass is 485 g/mol. The van der Waals surface area contributed by atoms with Gasteiger partial charge in [0.2, 0.25) is 0 Å². The molecule has 0 saturated heterocycles. The van der Waals surface area contributed by atoms with E-state index in [4.69, 9.17) is 10.5 Å². The molecule has 0 radical (unpaired) electrons. The molecule has 0 atom stereocenters. The summed E-state index contributed by atoms with van der Waals surface area (Å²) in [6.45, 7) is 1.77. The van der Waals surface area contributed by atoms with Crippen LogP contribution in [0.4, 0.5) is 34.4 Å². The van der Waals surface area contributed by atoms with Crippen LogP contribution in [-0.2, 0) is 0 Å². The highest BCUT2D eigenvalue weighted by atomic mass is 79.9. The molecule has 0 bridgehead atoms. The second-order valence-electron chi connectivity index (χ2n) is 7.38. The summed E-state index contributed by atoms with van der Waals surface area (Å²) in [4.78, 5) is 12.9. The van der Waals surface area contributed by atoms with Gasteiger partial charge in [0.1, 0.15) is 23.7 Å². The molecule has 0 amide bonds. The summed E-state index contributed by atoms with van der Waals surface area (Å²) in [6.07, 6.45) is 1.50. The number of likely N-dealkylation sites (N-methyl/N-ethyl adjacent to an activating group) is 2. The van der Waals surface area contributed by atoms with Crippen molar-refractivity contribution in [3.8, 4) is 5.75 Å². The molecule has 0 spiro atoms. The fourth-order valence-electron chi connectivity index (χ4n) is 3.00. The topological polar surface area (TPSA) is 91.6 Å². The van der Waals surface area contributed by atoms with Crippen LogP contribution >= 0.6 is 15.9 Å². The SMILES string of the molecule is COc1cc(N(C)CCN(C)C)c(N)cc1Nc1cc(Nc2cccc(Br)c2)ncn1. The van der Waals surface area contributed by atoms with Crippen molar-refractivity contribution >= 4 is 50.3 Å². The van der Waals surface area contributed by atoms with E-state index in [2.05, 4.69) is 46.3 Å². The Kier molecular flexibility index (Phi) is 7.54. The van der Waals surface area contributed by atoms with Gasteiger partial charge in [-0.05, 0) is 38.4 Å². The van der Waals surface area contributed by atoms with E-state index in [1.807, 2.05) is 63.6 Å². The predicted molar refractivity (Wildman–Crippen MR) is 132 cm³/mol. The van der Waals surface area contributed by atoms with E-state index < -0.39 is 0 Å². The average Bonchev–Trinajstić information content (AvgIpc) is 2.72. The summed E-state index contributed by atoms with van der Waals surface area (Å²) in [5.41, 5.74) is 9.59. The first-order valence-corrected chi connectivity index (χ1v) is 10.6. The number of anilines is 6. The molecule has 3 rings (SSSR count). The second-order valence-corrected chi connectivity index (χ2v) is 8.30. The number of rotatable bonds is 9. The lowest BCUT2D eigenvalue weighted by Crippen LogP contribution is -2.29. The third-order valence-electron chi connectivity index (χ3n) is 4.67. The van der Waals surface area contributed by atoms with E-state index in [1.165, 1.54) is 6.33 Å². The first-order valence-electron chi connectivity index (χ1n) is 9.80. The number of ether oxygens (including phenoxy) is 1. The molecule has 164 valence electrons. The molecule has 2 aromatic carbocycles. The summed E-state index contributed by atoms with van der Waals surface area (Å²) in [5.74, 6) is 1.97. The molecule has 0 aliphatic rings. The highest BCUT2D eigenvalue weighted by molar-refractivity contribution is 9.10. The van der Waals surface area contributed by atoms with Crippen LogP contribution in [0.15, 0.2) is 53.3 Å². The Balaban J connectivity index is 1.79. The number of benzene rings is 2. The number of methoxy groups -OCH3 is 1. The van der Waals surface area contributed by atoms with E-state index in [0.29, 0.717) is 23.1 Å². The minimum absolute atomic E-state index is 0.624. The molecule has 1 aromatic heterocycles. The van der Waals surface area contributed by atoms with Crippen molar-refractivity contribution in [2.45, 2.75) is 0 Å². The van der Waals surface area contributed by atoms with Gasteiger partial charge in [0.15, 0.2) is 0 Å². The summed E-state index contributed by atoms with van der Waals surface area (Å²) >= 11 is 3.47. The zero-order valence-corrected chi connectivity index (χ0v) is 19.8. The van der Waals surface area contributed by atoms with Crippen LogP contribution in [0, 0.1) is 0 Å². The van der Waals surface area contributed by atoms with Crippen molar-refractivity contribution in [1.82, 2.24) is 14.9 Å². The molecule has 1 heterocycles. The van der Waals surface area contributed by atoms with Crippen molar-refractivity contribution in [2.75, 3.05) is 62.6 Å². The maximum absolute atomic E-state index is 6.35. The number of nitrogens with one attached hydrogen (secondary N) is 2. The fourth-order valence-corrected chi connectivity index (χ4v) is 3.40. The van der Waals surface area contributed by atoms with Crippen LogP contribution < -0.4 is 26.0 Å². The molecule has 3 aromatic rings. The number of nitrogens with zero attached hydrogens (tertiary/aromatic N) is 4. The minimum atomic E-state index is 0.624. The number of nitrogen functional groups attached to an aromatic ring is 1. The van der Waals surface area contributed by atoms with Gasteiger partial charge < -0.3 is 30.9 Å². The van der Waals surface area contributed by atoms with Crippen LogP contribution in [0.5, 0.6) is 5.75 Å². The Labute approximate surface area is 191 Å². The predicted octanol–water partition coefficient (Wildman–Crippen LogP) is 4.31. The molecule has 9 heteroatoms. The zero-order valence-electron chi connectivity index (χ0n) is 18.2.